The van der Waals surface area contributed by atoms with Gasteiger partial charge in [-0.05, 0) is 17.7 Å². The quantitative estimate of drug-likeness (QED) is 0.449. The summed E-state index contributed by atoms with van der Waals surface area (Å²) in [5.41, 5.74) is 3.55. The van der Waals surface area contributed by atoms with E-state index in [0.717, 1.165) is 22.4 Å². The third-order valence-electron chi connectivity index (χ3n) is 3.43. The van der Waals surface area contributed by atoms with Crippen LogP contribution in [0.1, 0.15) is 11.4 Å². The molecule has 0 radical (unpaired) electrons. The fraction of sp³-hybridized carbons (Fsp3) is 0.125. The van der Waals surface area contributed by atoms with Gasteiger partial charge in [0.1, 0.15) is 5.82 Å². The van der Waals surface area contributed by atoms with Crippen LogP contribution in [0.4, 0.5) is 0 Å². The van der Waals surface area contributed by atoms with E-state index in [0.29, 0.717) is 12.1 Å². The molecule has 0 saturated heterocycles. The lowest BCUT2D eigenvalue weighted by Crippen LogP contribution is -2.09. The van der Waals surface area contributed by atoms with Gasteiger partial charge in [0.25, 0.3) is 0 Å². The fourth-order valence-corrected chi connectivity index (χ4v) is 2.33. The Kier molecular flexibility index (Phi) is 3.21. The Morgan fingerprint density at radius 2 is 1.80 bits per heavy atom. The first-order chi connectivity index (χ1) is 9.79. The molecule has 0 aliphatic heterocycles. The molecule has 0 bridgehead atoms. The monoisotopic (exact) mass is 265 g/mol. The number of imidazole rings is 1. The molecule has 1 aromatic heterocycles. The van der Waals surface area contributed by atoms with Gasteiger partial charge in [-0.25, -0.2) is 4.98 Å². The molecular weight excluding hydrogens is 250 g/mol. The van der Waals surface area contributed by atoms with Crippen LogP contribution in [0.5, 0.6) is 0 Å². The van der Waals surface area contributed by atoms with Crippen molar-refractivity contribution in [2.45, 2.75) is 6.42 Å². The Bertz CT molecular complexity index is 760. The molecule has 0 spiro atoms. The van der Waals surface area contributed by atoms with Crippen molar-refractivity contribution < 1.29 is 5.21 Å². The SMILES string of the molecule is Cn1c(C/C(=N\O)c2ccccc2)nc2ccccc21. The summed E-state index contributed by atoms with van der Waals surface area (Å²) in [5.74, 6) is 0.878. The lowest BCUT2D eigenvalue weighted by Gasteiger charge is -2.05. The molecule has 0 aliphatic carbocycles. The second-order valence-electron chi connectivity index (χ2n) is 4.67. The zero-order valence-electron chi connectivity index (χ0n) is 11.2. The summed E-state index contributed by atoms with van der Waals surface area (Å²) in [6.07, 6.45) is 0.492. The summed E-state index contributed by atoms with van der Waals surface area (Å²) in [7, 11) is 1.98. The molecule has 0 aliphatic rings. The summed E-state index contributed by atoms with van der Waals surface area (Å²) in [6, 6.07) is 17.6. The number of rotatable bonds is 3. The summed E-state index contributed by atoms with van der Waals surface area (Å²) < 4.78 is 2.03. The lowest BCUT2D eigenvalue weighted by molar-refractivity contribution is 0.318. The number of aromatic nitrogens is 2. The van der Waals surface area contributed by atoms with Crippen LogP contribution in [0.2, 0.25) is 0 Å². The first-order valence-electron chi connectivity index (χ1n) is 6.46. The summed E-state index contributed by atoms with van der Waals surface area (Å²) >= 11 is 0. The van der Waals surface area contributed by atoms with Gasteiger partial charge in [-0.1, -0.05) is 47.6 Å². The second kappa shape index (κ2) is 5.17. The van der Waals surface area contributed by atoms with Crippen LogP contribution in [0, 0.1) is 0 Å². The van der Waals surface area contributed by atoms with Gasteiger partial charge in [-0.2, -0.15) is 0 Å². The first kappa shape index (κ1) is 12.4. The number of hydrogen-bond donors (Lipinski definition) is 1. The van der Waals surface area contributed by atoms with Crippen molar-refractivity contribution in [3.8, 4) is 0 Å². The topological polar surface area (TPSA) is 50.4 Å². The first-order valence-corrected chi connectivity index (χ1v) is 6.46. The summed E-state index contributed by atoms with van der Waals surface area (Å²) in [5, 5.41) is 12.7. The molecule has 0 fully saturated rings. The highest BCUT2D eigenvalue weighted by Crippen LogP contribution is 2.16. The van der Waals surface area contributed by atoms with Crippen LogP contribution in [-0.4, -0.2) is 20.5 Å². The smallest absolute Gasteiger partial charge is 0.115 e. The lowest BCUT2D eigenvalue weighted by atomic mass is 10.1. The summed E-state index contributed by atoms with van der Waals surface area (Å²) in [6.45, 7) is 0. The Balaban J connectivity index is 1.98. The van der Waals surface area contributed by atoms with Crippen molar-refractivity contribution in [2.24, 2.45) is 12.2 Å². The van der Waals surface area contributed by atoms with Gasteiger partial charge in [0.2, 0.25) is 0 Å². The minimum Gasteiger partial charge on any atom is -0.411 e. The van der Waals surface area contributed by atoms with Gasteiger partial charge >= 0.3 is 0 Å². The average Bonchev–Trinajstić information content (AvgIpc) is 2.82. The zero-order chi connectivity index (χ0) is 13.9. The van der Waals surface area contributed by atoms with Gasteiger partial charge in [-0.15, -0.1) is 0 Å². The molecule has 1 heterocycles. The van der Waals surface area contributed by atoms with E-state index >= 15 is 0 Å². The van der Waals surface area contributed by atoms with E-state index in [1.807, 2.05) is 66.2 Å². The Morgan fingerprint density at radius 3 is 2.50 bits per heavy atom. The molecule has 20 heavy (non-hydrogen) atoms. The van der Waals surface area contributed by atoms with Crippen LogP contribution in [0.3, 0.4) is 0 Å². The van der Waals surface area contributed by atoms with Crippen LogP contribution < -0.4 is 0 Å². The van der Waals surface area contributed by atoms with Crippen LogP contribution >= 0.6 is 0 Å². The average molecular weight is 265 g/mol. The number of nitrogens with zero attached hydrogens (tertiary/aromatic N) is 3. The molecular formula is C16H15N3O. The van der Waals surface area contributed by atoms with Crippen molar-refractivity contribution in [2.75, 3.05) is 0 Å². The maximum Gasteiger partial charge on any atom is 0.115 e. The molecule has 4 nitrogen and oxygen atoms in total. The number of fused-ring (bicyclic) bond motifs is 1. The highest BCUT2D eigenvalue weighted by Gasteiger charge is 2.12. The van der Waals surface area contributed by atoms with Gasteiger partial charge in [-0.3, -0.25) is 0 Å². The van der Waals surface area contributed by atoms with E-state index < -0.39 is 0 Å². The van der Waals surface area contributed by atoms with Crippen molar-refractivity contribution in [1.29, 1.82) is 0 Å². The maximum atomic E-state index is 9.26. The number of para-hydroxylation sites is 2. The van der Waals surface area contributed by atoms with Crippen LogP contribution in [0.15, 0.2) is 59.8 Å². The standard InChI is InChI=1S/C16H15N3O/c1-19-15-10-6-5-9-13(15)17-16(19)11-14(18-20)12-7-3-2-4-8-12/h2-10,20H,11H2,1H3/b18-14+. The van der Waals surface area contributed by atoms with E-state index in [1.54, 1.807) is 0 Å². The highest BCUT2D eigenvalue weighted by molar-refractivity contribution is 6.01. The summed E-state index contributed by atoms with van der Waals surface area (Å²) in [4.78, 5) is 4.60. The van der Waals surface area contributed by atoms with Crippen LogP contribution in [0.25, 0.3) is 11.0 Å². The van der Waals surface area contributed by atoms with Gasteiger partial charge in [0, 0.05) is 7.05 Å². The van der Waals surface area contributed by atoms with Crippen molar-refractivity contribution in [3.63, 3.8) is 0 Å². The van der Waals surface area contributed by atoms with E-state index in [2.05, 4.69) is 10.1 Å². The molecule has 100 valence electrons. The predicted molar refractivity (Wildman–Crippen MR) is 79.2 cm³/mol. The Morgan fingerprint density at radius 1 is 1.10 bits per heavy atom. The second-order valence-corrected chi connectivity index (χ2v) is 4.67. The van der Waals surface area contributed by atoms with E-state index in [9.17, 15) is 5.21 Å². The third-order valence-corrected chi connectivity index (χ3v) is 3.43. The zero-order valence-corrected chi connectivity index (χ0v) is 11.2. The molecule has 0 atom stereocenters. The fourth-order valence-electron chi connectivity index (χ4n) is 2.33. The molecule has 3 aromatic rings. The molecule has 3 rings (SSSR count). The predicted octanol–water partition coefficient (Wildman–Crippen LogP) is 2.99. The largest absolute Gasteiger partial charge is 0.411 e. The van der Waals surface area contributed by atoms with E-state index in [-0.39, 0.29) is 0 Å². The maximum absolute atomic E-state index is 9.26. The van der Waals surface area contributed by atoms with E-state index in [4.69, 9.17) is 0 Å². The molecule has 0 amide bonds. The molecule has 1 N–H and O–H groups in total. The Labute approximate surface area is 117 Å². The minimum absolute atomic E-state index is 0.492. The highest BCUT2D eigenvalue weighted by atomic mass is 16.4. The normalized spacial score (nSPS) is 11.9. The minimum atomic E-state index is 0.492. The number of hydrogen-bond acceptors (Lipinski definition) is 3. The van der Waals surface area contributed by atoms with E-state index in [1.165, 1.54) is 0 Å². The number of benzene rings is 2. The van der Waals surface area contributed by atoms with Crippen molar-refractivity contribution in [3.05, 3.63) is 66.0 Å². The third kappa shape index (κ3) is 2.16. The number of oxime groups is 1. The van der Waals surface area contributed by atoms with Gasteiger partial charge in [0.15, 0.2) is 0 Å². The molecule has 0 saturated carbocycles. The molecule has 2 aromatic carbocycles. The van der Waals surface area contributed by atoms with Crippen molar-refractivity contribution >= 4 is 16.7 Å². The molecule has 0 unspecified atom stereocenters. The Hall–Kier alpha value is -2.62. The molecule has 4 heteroatoms. The number of aryl methyl sites for hydroxylation is 1. The van der Waals surface area contributed by atoms with Crippen LogP contribution in [-0.2, 0) is 13.5 Å². The van der Waals surface area contributed by atoms with Crippen molar-refractivity contribution in [1.82, 2.24) is 9.55 Å². The van der Waals surface area contributed by atoms with Gasteiger partial charge < -0.3 is 9.77 Å². The van der Waals surface area contributed by atoms with Gasteiger partial charge in [0.05, 0.1) is 23.2 Å².